The Bertz CT molecular complexity index is 488. The van der Waals surface area contributed by atoms with Crippen molar-refractivity contribution in [1.82, 2.24) is 10.3 Å². The Morgan fingerprint density at radius 3 is 2.95 bits per heavy atom. The van der Waals surface area contributed by atoms with E-state index in [4.69, 9.17) is 16.6 Å². The summed E-state index contributed by atoms with van der Waals surface area (Å²) in [6.07, 6.45) is 2.57. The van der Waals surface area contributed by atoms with Gasteiger partial charge in [-0.05, 0) is 38.8 Å². The van der Waals surface area contributed by atoms with E-state index in [1.54, 1.807) is 0 Å². The van der Waals surface area contributed by atoms with E-state index in [1.165, 1.54) is 12.8 Å². The number of aromatic nitrogens is 1. The fraction of sp³-hybridized carbons (Fsp3) is 0.667. The quantitative estimate of drug-likeness (QED) is 0.923. The molecule has 1 saturated heterocycles. The summed E-state index contributed by atoms with van der Waals surface area (Å²) in [5, 5.41) is 4.26. The Morgan fingerprint density at radius 1 is 1.45 bits per heavy atom. The molecule has 110 valence electrons. The number of hydrogen-bond acceptors (Lipinski definition) is 4. The van der Waals surface area contributed by atoms with Crippen LogP contribution in [0.4, 0.5) is 5.82 Å². The number of hydrogen-bond donors (Lipinski definition) is 1. The molecule has 1 aliphatic carbocycles. The molecular weight excluding hydrogens is 290 g/mol. The molecule has 1 aromatic rings. The molecule has 0 spiro atoms. The molecule has 3 rings (SSSR count). The Labute approximate surface area is 130 Å². The highest BCUT2D eigenvalue weighted by atomic mass is 35.5. The summed E-state index contributed by atoms with van der Waals surface area (Å²) in [5.41, 5.74) is 0.979. The van der Waals surface area contributed by atoms with Crippen LogP contribution in [0.3, 0.4) is 0 Å². The van der Waals surface area contributed by atoms with E-state index >= 15 is 0 Å². The minimum atomic E-state index is 0.298. The maximum atomic E-state index is 6.27. The van der Waals surface area contributed by atoms with Crippen molar-refractivity contribution in [1.29, 1.82) is 0 Å². The van der Waals surface area contributed by atoms with Gasteiger partial charge in [0.1, 0.15) is 5.82 Å². The van der Waals surface area contributed by atoms with Crippen LogP contribution in [0.15, 0.2) is 12.1 Å². The second-order valence-electron chi connectivity index (χ2n) is 6.28. The molecule has 0 atom stereocenters. The van der Waals surface area contributed by atoms with Crippen LogP contribution < -0.4 is 10.2 Å². The Morgan fingerprint density at radius 2 is 2.25 bits per heavy atom. The molecular formula is C15H22ClN3S. The Hall–Kier alpha value is -0.450. The molecule has 0 amide bonds. The van der Waals surface area contributed by atoms with Gasteiger partial charge in [0.2, 0.25) is 0 Å². The smallest absolute Gasteiger partial charge is 0.129 e. The van der Waals surface area contributed by atoms with Gasteiger partial charge in [-0.25, -0.2) is 4.98 Å². The summed E-state index contributed by atoms with van der Waals surface area (Å²) in [5.74, 6) is 2.22. The summed E-state index contributed by atoms with van der Waals surface area (Å²) in [7, 11) is 0. The lowest BCUT2D eigenvalue weighted by molar-refractivity contribution is 0.636. The largest absolute Gasteiger partial charge is 0.354 e. The minimum Gasteiger partial charge on any atom is -0.354 e. The van der Waals surface area contributed by atoms with Crippen molar-refractivity contribution in [2.75, 3.05) is 23.7 Å². The van der Waals surface area contributed by atoms with Gasteiger partial charge in [0.15, 0.2) is 0 Å². The number of rotatable bonds is 4. The monoisotopic (exact) mass is 311 g/mol. The third-order valence-corrected chi connectivity index (χ3v) is 5.43. The highest BCUT2D eigenvalue weighted by molar-refractivity contribution is 8.00. The van der Waals surface area contributed by atoms with Crippen LogP contribution in [-0.2, 0) is 6.54 Å². The van der Waals surface area contributed by atoms with E-state index < -0.39 is 0 Å². The second-order valence-corrected chi connectivity index (χ2v) is 8.49. The van der Waals surface area contributed by atoms with Gasteiger partial charge < -0.3 is 10.2 Å². The predicted octanol–water partition coefficient (Wildman–Crippen LogP) is 3.32. The topological polar surface area (TPSA) is 28.2 Å². The van der Waals surface area contributed by atoms with E-state index in [-0.39, 0.29) is 0 Å². The summed E-state index contributed by atoms with van der Waals surface area (Å²) in [6.45, 7) is 7.49. The molecule has 3 nitrogen and oxygen atoms in total. The van der Waals surface area contributed by atoms with Crippen molar-refractivity contribution in [2.24, 2.45) is 0 Å². The van der Waals surface area contributed by atoms with Crippen LogP contribution >= 0.6 is 23.4 Å². The molecule has 1 saturated carbocycles. The SMILES string of the molecule is CC1(C)CN(c2ccc(Cl)c(CNC3CC3)n2)CCS1. The van der Waals surface area contributed by atoms with Gasteiger partial charge >= 0.3 is 0 Å². The van der Waals surface area contributed by atoms with Gasteiger partial charge in [-0.15, -0.1) is 0 Å². The minimum absolute atomic E-state index is 0.298. The molecule has 1 N–H and O–H groups in total. The standard InChI is InChI=1S/C15H22ClN3S/c1-15(2)10-19(7-8-20-15)14-6-5-12(16)13(18-14)9-17-11-3-4-11/h5-6,11,17H,3-4,7-10H2,1-2H3. The maximum absolute atomic E-state index is 6.27. The van der Waals surface area contributed by atoms with Gasteiger partial charge in [0.05, 0.1) is 10.7 Å². The lowest BCUT2D eigenvalue weighted by Crippen LogP contribution is -2.43. The molecule has 0 unspecified atom stereocenters. The molecule has 2 aliphatic rings. The number of pyridine rings is 1. The number of thioether (sulfide) groups is 1. The zero-order valence-electron chi connectivity index (χ0n) is 12.2. The highest BCUT2D eigenvalue weighted by Gasteiger charge is 2.28. The van der Waals surface area contributed by atoms with Gasteiger partial charge in [-0.3, -0.25) is 0 Å². The van der Waals surface area contributed by atoms with Crippen molar-refractivity contribution in [3.8, 4) is 0 Å². The summed E-state index contributed by atoms with van der Waals surface area (Å²) in [4.78, 5) is 7.17. The van der Waals surface area contributed by atoms with E-state index in [2.05, 4.69) is 30.1 Å². The fourth-order valence-electron chi connectivity index (χ4n) is 2.51. The molecule has 5 heteroatoms. The van der Waals surface area contributed by atoms with Gasteiger partial charge in [-0.2, -0.15) is 11.8 Å². The first kappa shape index (κ1) is 14.5. The zero-order valence-corrected chi connectivity index (χ0v) is 13.7. The van der Waals surface area contributed by atoms with Crippen LogP contribution in [0, 0.1) is 0 Å². The first-order valence-electron chi connectivity index (χ1n) is 7.31. The number of nitrogens with one attached hydrogen (secondary N) is 1. The molecule has 0 bridgehead atoms. The van der Waals surface area contributed by atoms with Crippen LogP contribution in [0.25, 0.3) is 0 Å². The third-order valence-electron chi connectivity index (χ3n) is 3.79. The van der Waals surface area contributed by atoms with Gasteiger partial charge in [-0.1, -0.05) is 11.6 Å². The van der Waals surface area contributed by atoms with Gasteiger partial charge in [0.25, 0.3) is 0 Å². The molecule has 0 radical (unpaired) electrons. The molecule has 2 fully saturated rings. The van der Waals surface area contributed by atoms with Crippen LogP contribution in [0.5, 0.6) is 0 Å². The van der Waals surface area contributed by atoms with Crippen molar-refractivity contribution in [3.63, 3.8) is 0 Å². The summed E-state index contributed by atoms with van der Waals surface area (Å²) >= 11 is 8.31. The Balaban J connectivity index is 1.73. The molecule has 1 aliphatic heterocycles. The molecule has 2 heterocycles. The van der Waals surface area contributed by atoms with Crippen LogP contribution in [0.1, 0.15) is 32.4 Å². The average molecular weight is 312 g/mol. The molecule has 1 aromatic heterocycles. The third kappa shape index (κ3) is 3.60. The highest BCUT2D eigenvalue weighted by Crippen LogP contribution is 2.32. The van der Waals surface area contributed by atoms with Crippen LogP contribution in [0.2, 0.25) is 5.02 Å². The van der Waals surface area contributed by atoms with Crippen molar-refractivity contribution < 1.29 is 0 Å². The first-order valence-corrected chi connectivity index (χ1v) is 8.68. The fourth-order valence-corrected chi connectivity index (χ4v) is 3.80. The second kappa shape index (κ2) is 5.74. The summed E-state index contributed by atoms with van der Waals surface area (Å²) in [6, 6.07) is 4.72. The van der Waals surface area contributed by atoms with E-state index in [9.17, 15) is 0 Å². The lowest BCUT2D eigenvalue weighted by Gasteiger charge is -2.38. The maximum Gasteiger partial charge on any atom is 0.129 e. The van der Waals surface area contributed by atoms with Crippen LogP contribution in [-0.4, -0.2) is 34.6 Å². The number of nitrogens with zero attached hydrogens (tertiary/aromatic N) is 2. The Kier molecular flexibility index (Phi) is 4.16. The van der Waals surface area contributed by atoms with E-state index in [1.807, 2.05) is 17.8 Å². The van der Waals surface area contributed by atoms with Crippen molar-refractivity contribution >= 4 is 29.2 Å². The van der Waals surface area contributed by atoms with E-state index in [0.29, 0.717) is 10.8 Å². The summed E-state index contributed by atoms with van der Waals surface area (Å²) < 4.78 is 0.298. The first-order chi connectivity index (χ1) is 9.53. The zero-order chi connectivity index (χ0) is 14.2. The average Bonchev–Trinajstić information content (AvgIpc) is 3.20. The lowest BCUT2D eigenvalue weighted by atomic mass is 10.2. The predicted molar refractivity (Wildman–Crippen MR) is 87.9 cm³/mol. The van der Waals surface area contributed by atoms with Crippen molar-refractivity contribution in [3.05, 3.63) is 22.8 Å². The normalized spacial score (nSPS) is 22.1. The van der Waals surface area contributed by atoms with Gasteiger partial charge in [0, 0.05) is 36.2 Å². The van der Waals surface area contributed by atoms with Crippen molar-refractivity contribution in [2.45, 2.75) is 44.0 Å². The molecule has 20 heavy (non-hydrogen) atoms. The number of anilines is 1. The van der Waals surface area contributed by atoms with E-state index in [0.717, 1.165) is 41.9 Å². The molecule has 0 aromatic carbocycles. The number of halogens is 1.